The zero-order valence-corrected chi connectivity index (χ0v) is 11.7. The molecule has 114 valence electrons. The molecule has 1 heterocycles. The topological polar surface area (TPSA) is 125 Å². The van der Waals surface area contributed by atoms with Gasteiger partial charge in [0.2, 0.25) is 12.3 Å². The van der Waals surface area contributed by atoms with Crippen LogP contribution in [0.1, 0.15) is 12.8 Å². The molecule has 0 aromatic heterocycles. The molecular formula is C10H17N2O7P. The molecule has 0 aromatic carbocycles. The zero-order valence-electron chi connectivity index (χ0n) is 10.8. The molecule has 0 aromatic rings. The third-order valence-corrected chi connectivity index (χ3v) is 3.10. The number of nitrogens with zero attached hydrogens (tertiary/aromatic N) is 1. The Balaban J connectivity index is 2.48. The molecule has 2 unspecified atom stereocenters. The third kappa shape index (κ3) is 5.81. The summed E-state index contributed by atoms with van der Waals surface area (Å²) in [6.45, 7) is -0.257. The number of nitrogens with one attached hydrogen (secondary N) is 1. The molecule has 0 saturated carbocycles. The Labute approximate surface area is 115 Å². The van der Waals surface area contributed by atoms with Crippen LogP contribution in [0, 0.1) is 0 Å². The van der Waals surface area contributed by atoms with Gasteiger partial charge in [0.15, 0.2) is 0 Å². The molecule has 10 heteroatoms. The van der Waals surface area contributed by atoms with E-state index in [-0.39, 0.29) is 12.5 Å². The summed E-state index contributed by atoms with van der Waals surface area (Å²) in [5, 5.41) is 2.36. The van der Waals surface area contributed by atoms with E-state index < -0.39 is 20.2 Å². The smallest absolute Gasteiger partial charge is 0.356 e. The van der Waals surface area contributed by atoms with E-state index in [1.807, 2.05) is 0 Å². The van der Waals surface area contributed by atoms with E-state index in [1.165, 1.54) is 24.2 Å². The van der Waals surface area contributed by atoms with E-state index in [0.717, 1.165) is 0 Å². The van der Waals surface area contributed by atoms with Gasteiger partial charge in [-0.1, -0.05) is 0 Å². The lowest BCUT2D eigenvalue weighted by Crippen LogP contribution is -2.31. The predicted octanol–water partition coefficient (Wildman–Crippen LogP) is -0.681. The lowest BCUT2D eigenvalue weighted by Gasteiger charge is -2.21. The van der Waals surface area contributed by atoms with Crippen molar-refractivity contribution in [3.05, 3.63) is 12.3 Å². The number of likely N-dealkylation sites (N-methyl/N-ethyl adjacent to an activating group) is 1. The van der Waals surface area contributed by atoms with Crippen LogP contribution in [-0.4, -0.2) is 53.0 Å². The Morgan fingerprint density at radius 2 is 2.25 bits per heavy atom. The SMILES string of the molecule is CNC(=O)/C=C\N(C=O)C1CCC(COP(=O)(O)O)O1. The molecule has 0 bridgehead atoms. The van der Waals surface area contributed by atoms with Crippen molar-refractivity contribution in [1.29, 1.82) is 0 Å². The second kappa shape index (κ2) is 7.51. The summed E-state index contributed by atoms with van der Waals surface area (Å²) in [7, 11) is -3.07. The fraction of sp³-hybridized carbons (Fsp3) is 0.600. The first-order valence-corrected chi connectivity index (χ1v) is 7.37. The lowest BCUT2D eigenvalue weighted by atomic mass is 10.2. The van der Waals surface area contributed by atoms with Gasteiger partial charge in [0.25, 0.3) is 0 Å². The van der Waals surface area contributed by atoms with Crippen LogP contribution in [0.25, 0.3) is 0 Å². The predicted molar refractivity (Wildman–Crippen MR) is 67.0 cm³/mol. The van der Waals surface area contributed by atoms with Gasteiger partial charge in [0.05, 0.1) is 12.7 Å². The zero-order chi connectivity index (χ0) is 15.2. The monoisotopic (exact) mass is 308 g/mol. The van der Waals surface area contributed by atoms with Gasteiger partial charge in [-0.3, -0.25) is 19.0 Å². The van der Waals surface area contributed by atoms with Crippen LogP contribution < -0.4 is 5.32 Å². The van der Waals surface area contributed by atoms with Gasteiger partial charge in [-0.15, -0.1) is 0 Å². The van der Waals surface area contributed by atoms with Gasteiger partial charge >= 0.3 is 7.82 Å². The molecule has 3 N–H and O–H groups in total. The second-order valence-electron chi connectivity index (χ2n) is 4.06. The van der Waals surface area contributed by atoms with Gasteiger partial charge in [-0.2, -0.15) is 0 Å². The minimum atomic E-state index is -4.53. The maximum absolute atomic E-state index is 11.0. The number of phosphoric acid groups is 1. The highest BCUT2D eigenvalue weighted by molar-refractivity contribution is 7.46. The third-order valence-electron chi connectivity index (χ3n) is 2.61. The Morgan fingerprint density at radius 1 is 1.55 bits per heavy atom. The van der Waals surface area contributed by atoms with E-state index >= 15 is 0 Å². The fourth-order valence-electron chi connectivity index (χ4n) is 1.64. The van der Waals surface area contributed by atoms with Gasteiger partial charge in [-0.25, -0.2) is 4.57 Å². The molecule has 0 spiro atoms. The van der Waals surface area contributed by atoms with Crippen LogP contribution in [0.15, 0.2) is 12.3 Å². The normalized spacial score (nSPS) is 22.9. The number of hydrogen-bond acceptors (Lipinski definition) is 5. The summed E-state index contributed by atoms with van der Waals surface area (Å²) in [6.07, 6.45) is 2.84. The molecular weight excluding hydrogens is 291 g/mol. The van der Waals surface area contributed by atoms with Crippen molar-refractivity contribution in [3.63, 3.8) is 0 Å². The Morgan fingerprint density at radius 3 is 2.80 bits per heavy atom. The number of ether oxygens (including phenoxy) is 1. The molecule has 1 aliphatic rings. The molecule has 1 fully saturated rings. The van der Waals surface area contributed by atoms with Crippen LogP contribution in [0.3, 0.4) is 0 Å². The van der Waals surface area contributed by atoms with Crippen molar-refractivity contribution in [2.24, 2.45) is 0 Å². The van der Waals surface area contributed by atoms with E-state index in [2.05, 4.69) is 9.84 Å². The highest BCUT2D eigenvalue weighted by Gasteiger charge is 2.30. The van der Waals surface area contributed by atoms with Crippen LogP contribution in [0.2, 0.25) is 0 Å². The number of amides is 2. The Kier molecular flexibility index (Phi) is 6.31. The van der Waals surface area contributed by atoms with E-state index in [1.54, 1.807) is 0 Å². The van der Waals surface area contributed by atoms with Crippen molar-refractivity contribution in [1.82, 2.24) is 10.2 Å². The molecule has 9 nitrogen and oxygen atoms in total. The average molecular weight is 308 g/mol. The summed E-state index contributed by atoms with van der Waals surface area (Å²) < 4.78 is 20.3. The van der Waals surface area contributed by atoms with Crippen molar-refractivity contribution in [3.8, 4) is 0 Å². The van der Waals surface area contributed by atoms with Crippen LogP contribution in [0.4, 0.5) is 0 Å². The van der Waals surface area contributed by atoms with Gasteiger partial charge < -0.3 is 19.8 Å². The quantitative estimate of drug-likeness (QED) is 0.323. The van der Waals surface area contributed by atoms with Crippen molar-refractivity contribution >= 4 is 20.1 Å². The number of hydrogen-bond donors (Lipinski definition) is 3. The van der Waals surface area contributed by atoms with Crippen LogP contribution in [0.5, 0.6) is 0 Å². The molecule has 1 aliphatic heterocycles. The molecule has 2 atom stereocenters. The van der Waals surface area contributed by atoms with Gasteiger partial charge in [0, 0.05) is 19.3 Å². The maximum atomic E-state index is 11.0. The minimum Gasteiger partial charge on any atom is -0.356 e. The number of rotatable bonds is 7. The van der Waals surface area contributed by atoms with Crippen molar-refractivity contribution in [2.45, 2.75) is 25.2 Å². The Bertz CT molecular complexity index is 422. The van der Waals surface area contributed by atoms with E-state index in [0.29, 0.717) is 19.3 Å². The Hall–Kier alpha value is -1.25. The molecule has 0 radical (unpaired) electrons. The van der Waals surface area contributed by atoms with Gasteiger partial charge in [0.1, 0.15) is 6.23 Å². The highest BCUT2D eigenvalue weighted by atomic mass is 31.2. The minimum absolute atomic E-state index is 0.257. The molecule has 1 saturated heterocycles. The van der Waals surface area contributed by atoms with E-state index in [9.17, 15) is 14.2 Å². The summed E-state index contributed by atoms with van der Waals surface area (Å²) in [4.78, 5) is 40.3. The van der Waals surface area contributed by atoms with Crippen LogP contribution in [-0.2, 0) is 23.4 Å². The summed E-state index contributed by atoms with van der Waals surface area (Å²) >= 11 is 0. The van der Waals surface area contributed by atoms with Gasteiger partial charge in [-0.05, 0) is 12.8 Å². The first-order valence-electron chi connectivity index (χ1n) is 5.84. The maximum Gasteiger partial charge on any atom is 0.469 e. The number of phosphoric ester groups is 1. The highest BCUT2D eigenvalue weighted by Crippen LogP contribution is 2.37. The molecule has 2 amide bonds. The lowest BCUT2D eigenvalue weighted by molar-refractivity contribution is -0.127. The second-order valence-corrected chi connectivity index (χ2v) is 5.30. The average Bonchev–Trinajstić information content (AvgIpc) is 2.85. The van der Waals surface area contributed by atoms with Crippen molar-refractivity contribution in [2.75, 3.05) is 13.7 Å². The summed E-state index contributed by atoms with van der Waals surface area (Å²) in [5.41, 5.74) is 0. The fourth-order valence-corrected chi connectivity index (χ4v) is 2.01. The van der Waals surface area contributed by atoms with E-state index in [4.69, 9.17) is 14.5 Å². The first kappa shape index (κ1) is 16.8. The largest absolute Gasteiger partial charge is 0.469 e. The molecule has 20 heavy (non-hydrogen) atoms. The standard InChI is InChI=1S/C10H17N2O7P/c1-11-9(14)4-5-12(7-13)10-3-2-8(19-10)6-18-20(15,16)17/h4-5,7-8,10H,2-3,6H2,1H3,(H,11,14)(H2,15,16,17)/b5-4-. The molecule has 0 aliphatic carbocycles. The summed E-state index contributed by atoms with van der Waals surface area (Å²) in [5.74, 6) is -0.365. The van der Waals surface area contributed by atoms with Crippen LogP contribution >= 0.6 is 7.82 Å². The van der Waals surface area contributed by atoms with Crippen molar-refractivity contribution < 1.29 is 33.2 Å². The summed E-state index contributed by atoms with van der Waals surface area (Å²) in [6, 6.07) is 0. The number of carbonyl (C=O) groups is 2. The number of carbonyl (C=O) groups excluding carboxylic acids is 2. The molecule has 1 rings (SSSR count). The first-order chi connectivity index (χ1) is 9.35.